The van der Waals surface area contributed by atoms with E-state index in [9.17, 15) is 23.3 Å². The summed E-state index contributed by atoms with van der Waals surface area (Å²) >= 11 is 1.16. The van der Waals surface area contributed by atoms with Crippen LogP contribution in [-0.4, -0.2) is 34.0 Å². The van der Waals surface area contributed by atoms with E-state index in [4.69, 9.17) is 0 Å². The summed E-state index contributed by atoms with van der Waals surface area (Å²) < 4.78 is 28.2. The summed E-state index contributed by atoms with van der Waals surface area (Å²) in [5.41, 5.74) is 0.421. The Morgan fingerprint density at radius 2 is 2.00 bits per heavy atom. The third kappa shape index (κ3) is 4.89. The topological polar surface area (TPSA) is 149 Å². The van der Waals surface area contributed by atoms with Crippen molar-refractivity contribution in [1.29, 1.82) is 0 Å². The third-order valence-electron chi connectivity index (χ3n) is 3.48. The lowest BCUT2D eigenvalue weighted by Gasteiger charge is -2.07. The van der Waals surface area contributed by atoms with Gasteiger partial charge in [0.1, 0.15) is 0 Å². The average Bonchev–Trinajstić information content (AvgIpc) is 3.32. The minimum Gasteiger partial charge on any atom is -0.358 e. The highest BCUT2D eigenvalue weighted by Crippen LogP contribution is 2.19. The molecule has 3 rings (SSSR count). The highest BCUT2D eigenvalue weighted by atomic mass is 32.2. The number of hydrogen-bond acceptors (Lipinski definition) is 8. The van der Waals surface area contributed by atoms with Crippen molar-refractivity contribution in [2.24, 2.45) is 0 Å². The van der Waals surface area contributed by atoms with Crippen LogP contribution in [0.2, 0.25) is 0 Å². The van der Waals surface area contributed by atoms with E-state index < -0.39 is 14.9 Å². The van der Waals surface area contributed by atoms with Gasteiger partial charge in [-0.3, -0.25) is 9.52 Å². The SMILES string of the molecule is O=C(CCn1ccc([N+](=O)[O-])n1)Nc1ccc(S(=O)(=O)Nc2nccs2)cc1. The van der Waals surface area contributed by atoms with E-state index in [0.29, 0.717) is 5.69 Å². The summed E-state index contributed by atoms with van der Waals surface area (Å²) in [5, 5.41) is 18.8. The monoisotopic (exact) mass is 422 g/mol. The summed E-state index contributed by atoms with van der Waals surface area (Å²) in [6, 6.07) is 6.90. The van der Waals surface area contributed by atoms with Crippen LogP contribution in [-0.2, 0) is 21.4 Å². The molecule has 1 aromatic carbocycles. The number of carbonyl (C=O) groups is 1. The molecule has 0 fully saturated rings. The minimum atomic E-state index is -3.76. The molecule has 0 radical (unpaired) electrons. The molecule has 2 heterocycles. The normalized spacial score (nSPS) is 11.1. The molecule has 0 bridgehead atoms. The first-order valence-corrected chi connectivity index (χ1v) is 10.2. The summed E-state index contributed by atoms with van der Waals surface area (Å²) in [7, 11) is -3.76. The van der Waals surface area contributed by atoms with E-state index in [1.807, 2.05) is 0 Å². The van der Waals surface area contributed by atoms with Crippen LogP contribution in [0.5, 0.6) is 0 Å². The number of anilines is 2. The van der Waals surface area contributed by atoms with Gasteiger partial charge in [-0.15, -0.1) is 11.3 Å². The fraction of sp³-hybridized carbons (Fsp3) is 0.133. The maximum atomic E-state index is 12.3. The Kier molecular flexibility index (Phi) is 5.65. The summed E-state index contributed by atoms with van der Waals surface area (Å²) in [6.45, 7) is 0.171. The van der Waals surface area contributed by atoms with Crippen molar-refractivity contribution in [3.05, 3.63) is 58.2 Å². The minimum absolute atomic E-state index is 0.0320. The molecule has 0 saturated heterocycles. The number of aryl methyl sites for hydroxylation is 1. The number of benzene rings is 1. The van der Waals surface area contributed by atoms with Gasteiger partial charge in [0.25, 0.3) is 10.0 Å². The Balaban J connectivity index is 1.55. The molecule has 0 unspecified atom stereocenters. The smallest absolute Gasteiger partial charge is 0.358 e. The first kappa shape index (κ1) is 19.4. The van der Waals surface area contributed by atoms with Crippen LogP contribution in [0.1, 0.15) is 6.42 Å². The van der Waals surface area contributed by atoms with Crippen molar-refractivity contribution >= 4 is 43.9 Å². The van der Waals surface area contributed by atoms with Gasteiger partial charge in [-0.25, -0.2) is 13.4 Å². The number of aromatic nitrogens is 3. The van der Waals surface area contributed by atoms with Gasteiger partial charge < -0.3 is 15.4 Å². The average molecular weight is 422 g/mol. The van der Waals surface area contributed by atoms with Crippen molar-refractivity contribution in [3.8, 4) is 0 Å². The molecule has 1 amide bonds. The number of carbonyl (C=O) groups excluding carboxylic acids is 1. The Morgan fingerprint density at radius 1 is 1.25 bits per heavy atom. The maximum absolute atomic E-state index is 12.3. The summed E-state index contributed by atoms with van der Waals surface area (Å²) in [4.78, 5) is 25.9. The lowest BCUT2D eigenvalue weighted by atomic mass is 10.3. The van der Waals surface area contributed by atoms with Crippen molar-refractivity contribution in [3.63, 3.8) is 0 Å². The fourth-order valence-electron chi connectivity index (χ4n) is 2.18. The zero-order chi connectivity index (χ0) is 20.1. The molecule has 11 nitrogen and oxygen atoms in total. The molecule has 2 aromatic heterocycles. The van der Waals surface area contributed by atoms with E-state index in [-0.39, 0.29) is 34.7 Å². The molecule has 0 saturated carbocycles. The van der Waals surface area contributed by atoms with Gasteiger partial charge in [-0.2, -0.15) is 4.68 Å². The second-order valence-electron chi connectivity index (χ2n) is 5.46. The molecule has 0 aliphatic rings. The fourth-order valence-corrected chi connectivity index (χ4v) is 3.97. The predicted molar refractivity (Wildman–Crippen MR) is 101 cm³/mol. The number of nitrogens with one attached hydrogen (secondary N) is 2. The lowest BCUT2D eigenvalue weighted by molar-refractivity contribution is -0.389. The highest BCUT2D eigenvalue weighted by molar-refractivity contribution is 7.93. The van der Waals surface area contributed by atoms with Crippen LogP contribution < -0.4 is 10.0 Å². The Hall–Kier alpha value is -3.32. The van der Waals surface area contributed by atoms with Gasteiger partial charge in [-0.05, 0) is 29.2 Å². The zero-order valence-electron chi connectivity index (χ0n) is 14.2. The zero-order valence-corrected chi connectivity index (χ0v) is 15.8. The molecule has 28 heavy (non-hydrogen) atoms. The number of rotatable bonds is 8. The Morgan fingerprint density at radius 3 is 2.61 bits per heavy atom. The van der Waals surface area contributed by atoms with Crippen molar-refractivity contribution < 1.29 is 18.1 Å². The van der Waals surface area contributed by atoms with Gasteiger partial charge in [-0.1, -0.05) is 0 Å². The third-order valence-corrected chi connectivity index (χ3v) is 5.66. The first-order valence-electron chi connectivity index (χ1n) is 7.83. The Labute approximate surface area is 163 Å². The van der Waals surface area contributed by atoms with E-state index in [0.717, 1.165) is 11.3 Å². The van der Waals surface area contributed by atoms with Gasteiger partial charge in [0, 0.05) is 23.7 Å². The van der Waals surface area contributed by atoms with Crippen molar-refractivity contribution in [2.75, 3.05) is 10.0 Å². The molecule has 3 aromatic rings. The maximum Gasteiger partial charge on any atom is 0.389 e. The largest absolute Gasteiger partial charge is 0.389 e. The van der Waals surface area contributed by atoms with Crippen LogP contribution in [0, 0.1) is 10.1 Å². The predicted octanol–water partition coefficient (Wildman–Crippen LogP) is 2.08. The van der Waals surface area contributed by atoms with E-state index in [1.54, 1.807) is 5.38 Å². The number of amides is 1. The van der Waals surface area contributed by atoms with Crippen molar-refractivity contribution in [2.45, 2.75) is 17.9 Å². The molecule has 146 valence electrons. The molecule has 0 atom stereocenters. The van der Waals surface area contributed by atoms with Crippen molar-refractivity contribution in [1.82, 2.24) is 14.8 Å². The van der Waals surface area contributed by atoms with Gasteiger partial charge in [0.2, 0.25) is 5.91 Å². The molecule has 0 spiro atoms. The van der Waals surface area contributed by atoms with Crippen LogP contribution in [0.15, 0.2) is 53.0 Å². The number of nitro groups is 1. The van der Waals surface area contributed by atoms with E-state index in [2.05, 4.69) is 20.1 Å². The second kappa shape index (κ2) is 8.14. The summed E-state index contributed by atoms with van der Waals surface area (Å²) in [6.07, 6.45) is 2.95. The second-order valence-corrected chi connectivity index (χ2v) is 8.04. The molecule has 13 heteroatoms. The molecule has 2 N–H and O–H groups in total. The number of nitrogens with zero attached hydrogens (tertiary/aromatic N) is 4. The number of thiazole rings is 1. The standard InChI is InChI=1S/C15H14N6O5S2/c22-14(6-9-20-8-5-13(18-20)21(23)24)17-11-1-3-12(4-2-11)28(25,26)19-15-16-7-10-27-15/h1-5,7-8,10H,6,9H2,(H,16,19)(H,17,22). The lowest BCUT2D eigenvalue weighted by Crippen LogP contribution is -2.15. The summed E-state index contributed by atoms with van der Waals surface area (Å²) in [5.74, 6) is -0.627. The van der Waals surface area contributed by atoms with E-state index >= 15 is 0 Å². The van der Waals surface area contributed by atoms with Crippen LogP contribution in [0.25, 0.3) is 0 Å². The quantitative estimate of drug-likeness (QED) is 0.417. The highest BCUT2D eigenvalue weighted by Gasteiger charge is 2.16. The Bertz CT molecular complexity index is 1080. The van der Waals surface area contributed by atoms with Crippen LogP contribution in [0.4, 0.5) is 16.6 Å². The molecule has 0 aliphatic carbocycles. The van der Waals surface area contributed by atoms with Crippen LogP contribution in [0.3, 0.4) is 0 Å². The molecular formula is C15H14N6O5S2. The molecule has 0 aliphatic heterocycles. The first-order chi connectivity index (χ1) is 13.3. The van der Waals surface area contributed by atoms with Gasteiger partial charge in [0.15, 0.2) is 5.13 Å². The van der Waals surface area contributed by atoms with Gasteiger partial charge >= 0.3 is 5.82 Å². The number of sulfonamides is 1. The van der Waals surface area contributed by atoms with Crippen LogP contribution >= 0.6 is 11.3 Å². The van der Waals surface area contributed by atoms with E-state index in [1.165, 1.54) is 47.4 Å². The number of hydrogen-bond donors (Lipinski definition) is 2. The van der Waals surface area contributed by atoms with Gasteiger partial charge in [0.05, 0.1) is 28.8 Å². The molecular weight excluding hydrogens is 408 g/mol.